The van der Waals surface area contributed by atoms with Gasteiger partial charge in [-0.25, -0.2) is 0 Å². The second-order valence-corrected chi connectivity index (χ2v) is 4.65. The molecule has 3 rings (SSSR count). The van der Waals surface area contributed by atoms with Crippen LogP contribution in [0.2, 0.25) is 0 Å². The van der Waals surface area contributed by atoms with Crippen LogP contribution in [0.5, 0.6) is 0 Å². The van der Waals surface area contributed by atoms with Crippen LogP contribution < -0.4 is 0 Å². The molecule has 0 unspecified atom stereocenters. The lowest BCUT2D eigenvalue weighted by Crippen LogP contribution is -2.32. The molecule has 4 atom stereocenters. The van der Waals surface area contributed by atoms with E-state index >= 15 is 0 Å². The van der Waals surface area contributed by atoms with Crippen molar-refractivity contribution in [2.75, 3.05) is 6.61 Å². The number of aliphatic hydroxyl groups excluding tert-OH is 3. The molecule has 0 spiro atoms. The van der Waals surface area contributed by atoms with Gasteiger partial charge in [0, 0.05) is 0 Å². The van der Waals surface area contributed by atoms with Crippen molar-refractivity contribution in [2.24, 2.45) is 0 Å². The fourth-order valence-corrected chi connectivity index (χ4v) is 2.23. The lowest BCUT2D eigenvalue weighted by molar-refractivity contribution is -0.0240. The molecule has 0 aliphatic carbocycles. The Bertz CT molecular complexity index is 574. The maximum Gasteiger partial charge on any atom is 0.132 e. The molecule has 3 N–H and O–H groups in total. The largest absolute Gasteiger partial charge is 0.394 e. The van der Waals surface area contributed by atoms with Crippen LogP contribution in [0.15, 0.2) is 36.5 Å². The summed E-state index contributed by atoms with van der Waals surface area (Å²) in [6.07, 6.45) is -2.38. The summed E-state index contributed by atoms with van der Waals surface area (Å²) in [7, 11) is 0. The molecule has 1 aliphatic rings. The van der Waals surface area contributed by atoms with Crippen molar-refractivity contribution < 1.29 is 20.1 Å². The Kier molecular flexibility index (Phi) is 3.49. The highest BCUT2D eigenvalue weighted by atomic mass is 16.6. The first-order valence-electron chi connectivity index (χ1n) is 6.31. The fraction of sp³-hybridized carbons (Fsp3) is 0.385. The molecule has 0 amide bonds. The maximum absolute atomic E-state index is 9.93. The Morgan fingerprint density at radius 2 is 1.90 bits per heavy atom. The average molecular weight is 277 g/mol. The predicted molar refractivity (Wildman–Crippen MR) is 68.1 cm³/mol. The van der Waals surface area contributed by atoms with Crippen LogP contribution in [0.4, 0.5) is 0 Å². The van der Waals surface area contributed by atoms with Crippen molar-refractivity contribution in [3.63, 3.8) is 0 Å². The molecule has 2 heterocycles. The summed E-state index contributed by atoms with van der Waals surface area (Å²) in [4.78, 5) is 1.42. The molecule has 1 aliphatic heterocycles. The summed E-state index contributed by atoms with van der Waals surface area (Å²) in [6, 6.07) is 9.32. The maximum atomic E-state index is 9.93. The van der Waals surface area contributed by atoms with Gasteiger partial charge in [-0.05, 0) is 12.1 Å². The van der Waals surface area contributed by atoms with Gasteiger partial charge in [-0.1, -0.05) is 18.2 Å². The summed E-state index contributed by atoms with van der Waals surface area (Å²) in [5, 5.41) is 37.1. The van der Waals surface area contributed by atoms with Crippen molar-refractivity contribution in [2.45, 2.75) is 24.4 Å². The van der Waals surface area contributed by atoms with Crippen LogP contribution in [0.1, 0.15) is 11.8 Å². The van der Waals surface area contributed by atoms with E-state index in [9.17, 15) is 10.2 Å². The molecule has 1 aromatic carbocycles. The minimum absolute atomic E-state index is 0.360. The van der Waals surface area contributed by atoms with E-state index in [1.807, 2.05) is 30.3 Å². The first-order chi connectivity index (χ1) is 9.70. The fourth-order valence-electron chi connectivity index (χ4n) is 2.23. The first-order valence-corrected chi connectivity index (χ1v) is 6.31. The van der Waals surface area contributed by atoms with Crippen LogP contribution in [-0.2, 0) is 4.74 Å². The highest BCUT2D eigenvalue weighted by molar-refractivity contribution is 5.28. The van der Waals surface area contributed by atoms with Crippen LogP contribution in [-0.4, -0.2) is 55.2 Å². The molecule has 0 radical (unpaired) electrons. The SMILES string of the molecule is OC[C@H]1O[C@H](c2cnn(-c3ccccc3)n2)[C@@H](O)[C@@H]1O. The van der Waals surface area contributed by atoms with Crippen molar-refractivity contribution in [3.8, 4) is 5.69 Å². The van der Waals surface area contributed by atoms with E-state index < -0.39 is 24.4 Å². The number of aliphatic hydroxyl groups is 3. The molecule has 1 saturated heterocycles. The minimum Gasteiger partial charge on any atom is -0.394 e. The van der Waals surface area contributed by atoms with Gasteiger partial charge in [-0.15, -0.1) is 0 Å². The third-order valence-electron chi connectivity index (χ3n) is 3.33. The van der Waals surface area contributed by atoms with Crippen molar-refractivity contribution in [3.05, 3.63) is 42.2 Å². The van der Waals surface area contributed by atoms with Gasteiger partial charge >= 0.3 is 0 Å². The van der Waals surface area contributed by atoms with Crippen LogP contribution in [0.25, 0.3) is 5.69 Å². The number of para-hydroxylation sites is 1. The minimum atomic E-state index is -1.13. The van der Waals surface area contributed by atoms with Crippen LogP contribution >= 0.6 is 0 Å². The molecule has 7 heteroatoms. The smallest absolute Gasteiger partial charge is 0.132 e. The number of hydrogen-bond donors (Lipinski definition) is 3. The Hall–Kier alpha value is -1.80. The molecule has 1 aromatic heterocycles. The van der Waals surface area contributed by atoms with Gasteiger partial charge in [-0.2, -0.15) is 15.0 Å². The molecule has 0 saturated carbocycles. The van der Waals surface area contributed by atoms with Gasteiger partial charge in [0.25, 0.3) is 0 Å². The van der Waals surface area contributed by atoms with E-state index in [1.54, 1.807) is 0 Å². The highest BCUT2D eigenvalue weighted by Crippen LogP contribution is 2.32. The monoisotopic (exact) mass is 277 g/mol. The van der Waals surface area contributed by atoms with Crippen molar-refractivity contribution >= 4 is 0 Å². The number of benzene rings is 1. The number of nitrogens with zero attached hydrogens (tertiary/aromatic N) is 3. The zero-order valence-corrected chi connectivity index (χ0v) is 10.6. The van der Waals surface area contributed by atoms with Gasteiger partial charge in [0.1, 0.15) is 30.1 Å². The number of aromatic nitrogens is 3. The Morgan fingerprint density at radius 1 is 1.15 bits per heavy atom. The topological polar surface area (TPSA) is 101 Å². The van der Waals surface area contributed by atoms with Gasteiger partial charge in [0.15, 0.2) is 0 Å². The standard InChI is InChI=1S/C13H15N3O4/c17-7-10-11(18)12(19)13(20-10)9-6-14-16(15-9)8-4-2-1-3-5-8/h1-6,10-13,17-19H,7H2/t10-,11-,12+,13-/m1/s1. The molecular weight excluding hydrogens is 262 g/mol. The van der Waals surface area contributed by atoms with E-state index in [2.05, 4.69) is 10.2 Å². The third-order valence-corrected chi connectivity index (χ3v) is 3.33. The van der Waals surface area contributed by atoms with Crippen LogP contribution in [0, 0.1) is 0 Å². The summed E-state index contributed by atoms with van der Waals surface area (Å²) in [6.45, 7) is -0.360. The summed E-state index contributed by atoms with van der Waals surface area (Å²) >= 11 is 0. The highest BCUT2D eigenvalue weighted by Gasteiger charge is 2.44. The predicted octanol–water partition coefficient (Wildman–Crippen LogP) is -0.579. The zero-order chi connectivity index (χ0) is 14.1. The van der Waals surface area contributed by atoms with Crippen molar-refractivity contribution in [1.82, 2.24) is 15.0 Å². The molecule has 20 heavy (non-hydrogen) atoms. The lowest BCUT2D eigenvalue weighted by Gasteiger charge is -2.11. The number of hydrogen-bond acceptors (Lipinski definition) is 6. The summed E-state index contributed by atoms with van der Waals surface area (Å²) in [5.74, 6) is 0. The summed E-state index contributed by atoms with van der Waals surface area (Å²) < 4.78 is 5.40. The average Bonchev–Trinajstić information content (AvgIpc) is 3.07. The van der Waals surface area contributed by atoms with E-state index in [0.717, 1.165) is 5.69 Å². The normalized spacial score (nSPS) is 29.8. The molecule has 106 valence electrons. The first kappa shape index (κ1) is 13.2. The third kappa shape index (κ3) is 2.20. The number of rotatable bonds is 3. The molecule has 2 aromatic rings. The van der Waals surface area contributed by atoms with E-state index in [4.69, 9.17) is 9.84 Å². The molecule has 0 bridgehead atoms. The van der Waals surface area contributed by atoms with Gasteiger partial charge < -0.3 is 20.1 Å². The second kappa shape index (κ2) is 5.29. The Labute approximate surface area is 115 Å². The molecule has 1 fully saturated rings. The summed E-state index contributed by atoms with van der Waals surface area (Å²) in [5.41, 5.74) is 1.20. The van der Waals surface area contributed by atoms with Gasteiger partial charge in [0.05, 0.1) is 18.5 Å². The Morgan fingerprint density at radius 3 is 2.55 bits per heavy atom. The Balaban J connectivity index is 1.84. The molecule has 7 nitrogen and oxygen atoms in total. The number of ether oxygens (including phenoxy) is 1. The van der Waals surface area contributed by atoms with E-state index in [-0.39, 0.29) is 6.61 Å². The van der Waals surface area contributed by atoms with E-state index in [1.165, 1.54) is 11.0 Å². The van der Waals surface area contributed by atoms with E-state index in [0.29, 0.717) is 5.69 Å². The van der Waals surface area contributed by atoms with Crippen LogP contribution in [0.3, 0.4) is 0 Å². The quantitative estimate of drug-likeness (QED) is 0.694. The van der Waals surface area contributed by atoms with Gasteiger partial charge in [0.2, 0.25) is 0 Å². The van der Waals surface area contributed by atoms with Gasteiger partial charge in [-0.3, -0.25) is 0 Å². The second-order valence-electron chi connectivity index (χ2n) is 4.65. The van der Waals surface area contributed by atoms with Crippen molar-refractivity contribution in [1.29, 1.82) is 0 Å². The zero-order valence-electron chi connectivity index (χ0n) is 10.6. The molecular formula is C13H15N3O4. The lowest BCUT2D eigenvalue weighted by atomic mass is 10.1.